The summed E-state index contributed by atoms with van der Waals surface area (Å²) in [7, 11) is 3.44. The Balaban J connectivity index is 2.42. The van der Waals surface area contributed by atoms with Gasteiger partial charge in [0.25, 0.3) is 0 Å². The Morgan fingerprint density at radius 3 is 2.88 bits per heavy atom. The first-order chi connectivity index (χ1) is 8.06. The molecule has 1 fully saturated rings. The molecule has 0 saturated carbocycles. The highest BCUT2D eigenvalue weighted by Crippen LogP contribution is 2.36. The summed E-state index contributed by atoms with van der Waals surface area (Å²) in [6.45, 7) is 3.28. The molecule has 0 radical (unpaired) electrons. The highest BCUT2D eigenvalue weighted by atomic mass is 16.5. The summed E-state index contributed by atoms with van der Waals surface area (Å²) in [5, 5.41) is 7.53. The van der Waals surface area contributed by atoms with E-state index in [2.05, 4.69) is 10.4 Å². The molecule has 0 aliphatic carbocycles. The Kier molecular flexibility index (Phi) is 3.06. The number of nitrogens with one attached hydrogen (secondary N) is 1. The maximum atomic E-state index is 11.4. The van der Waals surface area contributed by atoms with Crippen LogP contribution in [0.3, 0.4) is 0 Å². The van der Waals surface area contributed by atoms with Gasteiger partial charge in [-0.3, -0.25) is 4.79 Å². The first kappa shape index (κ1) is 11.9. The number of hydrogen-bond acceptors (Lipinski definition) is 4. The number of nitrogens with zero attached hydrogens (tertiary/aromatic N) is 2. The van der Waals surface area contributed by atoms with Gasteiger partial charge >= 0.3 is 0 Å². The molecule has 1 aromatic heterocycles. The van der Waals surface area contributed by atoms with Gasteiger partial charge < -0.3 is 15.8 Å². The van der Waals surface area contributed by atoms with Crippen molar-refractivity contribution in [3.05, 3.63) is 11.3 Å². The fraction of sp³-hybridized carbons (Fsp3) is 0.636. The third-order valence-corrected chi connectivity index (χ3v) is 3.36. The summed E-state index contributed by atoms with van der Waals surface area (Å²) in [5.74, 6) is 0.302. The van der Waals surface area contributed by atoms with E-state index in [0.29, 0.717) is 12.4 Å². The highest BCUT2D eigenvalue weighted by molar-refractivity contribution is 5.78. The molecule has 6 heteroatoms. The minimum atomic E-state index is -0.273. The van der Waals surface area contributed by atoms with E-state index in [9.17, 15) is 4.79 Å². The quantitative estimate of drug-likeness (QED) is 0.745. The van der Waals surface area contributed by atoms with Crippen LogP contribution < -0.4 is 15.8 Å². The molecule has 2 rings (SSSR count). The van der Waals surface area contributed by atoms with Gasteiger partial charge in [0.05, 0.1) is 18.7 Å². The minimum Gasteiger partial charge on any atom is -0.481 e. The largest absolute Gasteiger partial charge is 0.481 e. The Labute approximate surface area is 100 Å². The maximum Gasteiger partial charge on any atom is 0.222 e. The molecule has 1 aromatic rings. The molecule has 0 bridgehead atoms. The fourth-order valence-corrected chi connectivity index (χ4v) is 2.60. The first-order valence-corrected chi connectivity index (χ1v) is 5.63. The Hall–Kier alpha value is -1.56. The molecule has 3 N–H and O–H groups in total. The van der Waals surface area contributed by atoms with E-state index in [1.165, 1.54) is 0 Å². The summed E-state index contributed by atoms with van der Waals surface area (Å²) in [4.78, 5) is 11.4. The third-order valence-electron chi connectivity index (χ3n) is 3.36. The molecule has 0 aromatic carbocycles. The van der Waals surface area contributed by atoms with Crippen LogP contribution in [0.5, 0.6) is 5.88 Å². The highest BCUT2D eigenvalue weighted by Gasteiger charge is 2.36. The van der Waals surface area contributed by atoms with E-state index in [1.54, 1.807) is 11.8 Å². The van der Waals surface area contributed by atoms with Crippen molar-refractivity contribution >= 4 is 5.91 Å². The van der Waals surface area contributed by atoms with Gasteiger partial charge in [-0.1, -0.05) is 0 Å². The van der Waals surface area contributed by atoms with E-state index in [1.807, 2.05) is 14.0 Å². The number of hydrogen-bond donors (Lipinski definition) is 2. The van der Waals surface area contributed by atoms with E-state index >= 15 is 0 Å². The Morgan fingerprint density at radius 1 is 1.59 bits per heavy atom. The summed E-state index contributed by atoms with van der Waals surface area (Å²) in [5.41, 5.74) is 7.31. The number of primary amides is 1. The van der Waals surface area contributed by atoms with Crippen molar-refractivity contribution in [1.29, 1.82) is 0 Å². The van der Waals surface area contributed by atoms with E-state index in [-0.39, 0.29) is 17.7 Å². The smallest absolute Gasteiger partial charge is 0.222 e. The topological polar surface area (TPSA) is 82.2 Å². The lowest BCUT2D eigenvalue weighted by molar-refractivity contribution is -0.121. The summed E-state index contributed by atoms with van der Waals surface area (Å²) in [6.07, 6.45) is 0. The second-order valence-corrected chi connectivity index (χ2v) is 4.41. The monoisotopic (exact) mass is 238 g/mol. The molecule has 17 heavy (non-hydrogen) atoms. The summed E-state index contributed by atoms with van der Waals surface area (Å²) in [6, 6.07) is 0. The van der Waals surface area contributed by atoms with Gasteiger partial charge in [0.2, 0.25) is 11.8 Å². The Bertz CT molecular complexity index is 441. The van der Waals surface area contributed by atoms with Crippen LogP contribution in [0.2, 0.25) is 0 Å². The van der Waals surface area contributed by atoms with Gasteiger partial charge in [-0.25, -0.2) is 4.68 Å². The molecule has 2 heterocycles. The summed E-state index contributed by atoms with van der Waals surface area (Å²) < 4.78 is 7.05. The number of carbonyl (C=O) groups excluding carboxylic acids is 1. The predicted molar refractivity (Wildman–Crippen MR) is 62.8 cm³/mol. The fourth-order valence-electron chi connectivity index (χ4n) is 2.60. The second kappa shape index (κ2) is 4.37. The number of nitrogens with two attached hydrogens (primary N) is 1. The van der Waals surface area contributed by atoms with Crippen molar-refractivity contribution in [2.24, 2.45) is 18.7 Å². The predicted octanol–water partition coefficient (Wildman–Crippen LogP) is -0.475. The van der Waals surface area contributed by atoms with Gasteiger partial charge in [-0.15, -0.1) is 0 Å². The molecule has 6 nitrogen and oxygen atoms in total. The van der Waals surface area contributed by atoms with Gasteiger partial charge in [-0.05, 0) is 6.92 Å². The number of ether oxygens (including phenoxy) is 1. The van der Waals surface area contributed by atoms with Crippen LogP contribution in [0.1, 0.15) is 17.2 Å². The zero-order valence-corrected chi connectivity index (χ0v) is 10.4. The lowest BCUT2D eigenvalue weighted by atomic mass is 9.88. The minimum absolute atomic E-state index is 0.0520. The molecule has 2 unspecified atom stereocenters. The van der Waals surface area contributed by atoms with E-state index < -0.39 is 0 Å². The maximum absolute atomic E-state index is 11.4. The number of carbonyl (C=O) groups is 1. The zero-order valence-electron chi connectivity index (χ0n) is 10.4. The molecule has 1 saturated heterocycles. The first-order valence-electron chi connectivity index (χ1n) is 5.63. The second-order valence-electron chi connectivity index (χ2n) is 4.41. The van der Waals surface area contributed by atoms with Crippen LogP contribution in [0.15, 0.2) is 0 Å². The lowest BCUT2D eigenvalue weighted by Gasteiger charge is -2.16. The van der Waals surface area contributed by atoms with Gasteiger partial charge in [-0.2, -0.15) is 5.10 Å². The van der Waals surface area contributed by atoms with Crippen LogP contribution in [0, 0.1) is 12.8 Å². The van der Waals surface area contributed by atoms with Crippen LogP contribution in [0.25, 0.3) is 0 Å². The van der Waals surface area contributed by atoms with Crippen molar-refractivity contribution in [1.82, 2.24) is 15.1 Å². The number of amides is 1. The van der Waals surface area contributed by atoms with Crippen molar-refractivity contribution in [3.8, 4) is 5.88 Å². The molecular formula is C11H18N4O2. The molecular weight excluding hydrogens is 220 g/mol. The van der Waals surface area contributed by atoms with Crippen LogP contribution in [-0.4, -0.2) is 35.9 Å². The van der Waals surface area contributed by atoms with E-state index in [0.717, 1.165) is 17.8 Å². The molecule has 94 valence electrons. The third kappa shape index (κ3) is 1.88. The summed E-state index contributed by atoms with van der Waals surface area (Å²) >= 11 is 0. The number of aromatic nitrogens is 2. The average molecular weight is 238 g/mol. The number of methoxy groups -OCH3 is 1. The van der Waals surface area contributed by atoms with Crippen molar-refractivity contribution in [3.63, 3.8) is 0 Å². The normalized spacial score (nSPS) is 23.9. The van der Waals surface area contributed by atoms with Gasteiger partial charge in [0.1, 0.15) is 0 Å². The average Bonchev–Trinajstić information content (AvgIpc) is 2.81. The standard InChI is InChI=1S/C11H18N4O2/c1-6-9(11(17-3)15(2)14-6)7-4-13-5-8(7)10(12)16/h7-8,13H,4-5H2,1-3H3,(H2,12,16). The van der Waals surface area contributed by atoms with Gasteiger partial charge in [0.15, 0.2) is 0 Å². The van der Waals surface area contributed by atoms with E-state index in [4.69, 9.17) is 10.5 Å². The lowest BCUT2D eigenvalue weighted by Crippen LogP contribution is -2.28. The number of rotatable bonds is 3. The SMILES string of the molecule is COc1c(C2CNCC2C(N)=O)c(C)nn1C. The van der Waals surface area contributed by atoms with Crippen molar-refractivity contribution in [2.75, 3.05) is 20.2 Å². The van der Waals surface area contributed by atoms with Crippen LogP contribution in [-0.2, 0) is 11.8 Å². The van der Waals surface area contributed by atoms with Crippen LogP contribution in [0.4, 0.5) is 0 Å². The van der Waals surface area contributed by atoms with Crippen molar-refractivity contribution in [2.45, 2.75) is 12.8 Å². The Morgan fingerprint density at radius 2 is 2.29 bits per heavy atom. The molecule has 1 aliphatic rings. The zero-order chi connectivity index (χ0) is 12.6. The van der Waals surface area contributed by atoms with Crippen LogP contribution >= 0.6 is 0 Å². The van der Waals surface area contributed by atoms with Crippen molar-refractivity contribution < 1.29 is 9.53 Å². The van der Waals surface area contributed by atoms with Gasteiger partial charge in [0, 0.05) is 31.6 Å². The molecule has 1 aliphatic heterocycles. The molecule has 1 amide bonds. The molecule has 2 atom stereocenters. The molecule has 0 spiro atoms. The number of aryl methyl sites for hydroxylation is 2.